The molecule has 0 aliphatic carbocycles. The van der Waals surface area contributed by atoms with Crippen molar-refractivity contribution in [2.45, 2.75) is 18.9 Å². The van der Waals surface area contributed by atoms with Crippen LogP contribution in [0.25, 0.3) is 0 Å². The van der Waals surface area contributed by atoms with Crippen LogP contribution in [0.3, 0.4) is 0 Å². The van der Waals surface area contributed by atoms with Gasteiger partial charge in [-0.15, -0.1) is 0 Å². The Morgan fingerprint density at radius 1 is 1.36 bits per heavy atom. The second kappa shape index (κ2) is 6.17. The maximum atomic E-state index is 8.77. The van der Waals surface area contributed by atoms with E-state index in [1.54, 1.807) is 0 Å². The molecule has 0 saturated heterocycles. The number of halogens is 1. The van der Waals surface area contributed by atoms with Crippen molar-refractivity contribution in [2.24, 2.45) is 0 Å². The van der Waals surface area contributed by atoms with E-state index < -0.39 is 0 Å². The van der Waals surface area contributed by atoms with Gasteiger partial charge in [0.25, 0.3) is 0 Å². The molecular weight excluding hydrogens is 242 g/mol. The van der Waals surface area contributed by atoms with Gasteiger partial charge in [-0.25, -0.2) is 0 Å². The molecule has 0 spiro atoms. The van der Waals surface area contributed by atoms with Gasteiger partial charge in [0.2, 0.25) is 0 Å². The molecule has 0 radical (unpaired) electrons. The minimum atomic E-state index is 0.259. The van der Waals surface area contributed by atoms with Crippen LogP contribution in [0.4, 0.5) is 0 Å². The molecule has 78 valence electrons. The second-order valence-corrected chi connectivity index (χ2v) is 4.17. The molecule has 1 aromatic carbocycles. The average molecular weight is 258 g/mol. The highest BCUT2D eigenvalue weighted by molar-refractivity contribution is 9.10. The van der Waals surface area contributed by atoms with E-state index in [1.165, 1.54) is 5.56 Å². The molecule has 0 aliphatic rings. The smallest absolute Gasteiger partial charge is 0.0431 e. The van der Waals surface area contributed by atoms with Gasteiger partial charge in [-0.05, 0) is 37.6 Å². The Kier molecular flexibility index (Phi) is 5.15. The third-order valence-electron chi connectivity index (χ3n) is 2.27. The molecule has 0 bridgehead atoms. The van der Waals surface area contributed by atoms with Crippen molar-refractivity contribution in [3.8, 4) is 0 Å². The molecule has 0 amide bonds. The highest BCUT2D eigenvalue weighted by Gasteiger charge is 2.07. The standard InChI is InChI=1S/C11H16BrNO/c1-13-11(3-2-8-14)9-4-6-10(12)7-5-9/h4-7,11,13-14H,2-3,8H2,1H3. The lowest BCUT2D eigenvalue weighted by Gasteiger charge is -2.15. The van der Waals surface area contributed by atoms with Crippen LogP contribution in [-0.4, -0.2) is 18.8 Å². The molecule has 0 saturated carbocycles. The van der Waals surface area contributed by atoms with Crippen LogP contribution in [0.1, 0.15) is 24.4 Å². The second-order valence-electron chi connectivity index (χ2n) is 3.26. The van der Waals surface area contributed by atoms with Crippen molar-refractivity contribution in [2.75, 3.05) is 13.7 Å². The Hall–Kier alpha value is -0.380. The Balaban J connectivity index is 2.64. The first kappa shape index (κ1) is 11.7. The largest absolute Gasteiger partial charge is 0.396 e. The number of hydrogen-bond acceptors (Lipinski definition) is 2. The zero-order valence-corrected chi connectivity index (χ0v) is 9.92. The van der Waals surface area contributed by atoms with E-state index in [0.29, 0.717) is 6.04 Å². The first-order valence-electron chi connectivity index (χ1n) is 4.81. The summed E-state index contributed by atoms with van der Waals surface area (Å²) in [7, 11) is 1.95. The Bertz CT molecular complexity index is 260. The molecule has 0 heterocycles. The van der Waals surface area contributed by atoms with Crippen molar-refractivity contribution < 1.29 is 5.11 Å². The molecule has 1 unspecified atom stereocenters. The van der Waals surface area contributed by atoms with Crippen LogP contribution in [0, 0.1) is 0 Å². The number of rotatable bonds is 5. The normalized spacial score (nSPS) is 12.8. The van der Waals surface area contributed by atoms with Gasteiger partial charge in [0.1, 0.15) is 0 Å². The van der Waals surface area contributed by atoms with Gasteiger partial charge in [-0.3, -0.25) is 0 Å². The van der Waals surface area contributed by atoms with Crippen LogP contribution < -0.4 is 5.32 Å². The third kappa shape index (κ3) is 3.40. The number of nitrogens with one attached hydrogen (secondary N) is 1. The first-order valence-corrected chi connectivity index (χ1v) is 5.61. The highest BCUT2D eigenvalue weighted by atomic mass is 79.9. The van der Waals surface area contributed by atoms with Gasteiger partial charge in [0.05, 0.1) is 0 Å². The SMILES string of the molecule is CNC(CCCO)c1ccc(Br)cc1. The molecule has 1 aromatic rings. The molecule has 0 fully saturated rings. The number of aliphatic hydroxyl groups excluding tert-OH is 1. The molecule has 0 aromatic heterocycles. The molecule has 1 atom stereocenters. The van der Waals surface area contributed by atoms with Crippen molar-refractivity contribution in [3.05, 3.63) is 34.3 Å². The van der Waals surface area contributed by atoms with E-state index in [0.717, 1.165) is 17.3 Å². The summed E-state index contributed by atoms with van der Waals surface area (Å²) in [4.78, 5) is 0. The quantitative estimate of drug-likeness (QED) is 0.850. The zero-order valence-electron chi connectivity index (χ0n) is 8.33. The Morgan fingerprint density at radius 2 is 2.00 bits per heavy atom. The van der Waals surface area contributed by atoms with Crippen LogP contribution >= 0.6 is 15.9 Å². The predicted octanol–water partition coefficient (Wildman–Crippen LogP) is 2.48. The highest BCUT2D eigenvalue weighted by Crippen LogP contribution is 2.20. The van der Waals surface area contributed by atoms with Gasteiger partial charge in [0, 0.05) is 17.1 Å². The predicted molar refractivity (Wildman–Crippen MR) is 62.3 cm³/mol. The van der Waals surface area contributed by atoms with E-state index in [-0.39, 0.29) is 6.61 Å². The molecule has 1 rings (SSSR count). The number of aliphatic hydroxyl groups is 1. The van der Waals surface area contributed by atoms with Gasteiger partial charge in [-0.2, -0.15) is 0 Å². The van der Waals surface area contributed by atoms with E-state index in [4.69, 9.17) is 5.11 Å². The first-order chi connectivity index (χ1) is 6.77. The summed E-state index contributed by atoms with van der Waals surface area (Å²) in [6.45, 7) is 0.259. The maximum absolute atomic E-state index is 8.77. The van der Waals surface area contributed by atoms with Crippen LogP contribution in [0.2, 0.25) is 0 Å². The van der Waals surface area contributed by atoms with Crippen molar-refractivity contribution in [3.63, 3.8) is 0 Å². The molecule has 2 nitrogen and oxygen atoms in total. The minimum Gasteiger partial charge on any atom is -0.396 e. The van der Waals surface area contributed by atoms with Crippen molar-refractivity contribution >= 4 is 15.9 Å². The summed E-state index contributed by atoms with van der Waals surface area (Å²) in [6.07, 6.45) is 1.80. The van der Waals surface area contributed by atoms with Crippen molar-refractivity contribution in [1.29, 1.82) is 0 Å². The lowest BCUT2D eigenvalue weighted by atomic mass is 10.0. The third-order valence-corrected chi connectivity index (χ3v) is 2.80. The van der Waals surface area contributed by atoms with Crippen LogP contribution in [0.15, 0.2) is 28.7 Å². The van der Waals surface area contributed by atoms with Crippen LogP contribution in [-0.2, 0) is 0 Å². The van der Waals surface area contributed by atoms with E-state index in [1.807, 2.05) is 19.2 Å². The fourth-order valence-electron chi connectivity index (χ4n) is 1.47. The maximum Gasteiger partial charge on any atom is 0.0431 e. The van der Waals surface area contributed by atoms with Gasteiger partial charge >= 0.3 is 0 Å². The fraction of sp³-hybridized carbons (Fsp3) is 0.455. The molecule has 2 N–H and O–H groups in total. The molecule has 0 aliphatic heterocycles. The molecule has 3 heteroatoms. The Morgan fingerprint density at radius 3 is 2.50 bits per heavy atom. The van der Waals surface area contributed by atoms with Crippen LogP contribution in [0.5, 0.6) is 0 Å². The molecular formula is C11H16BrNO. The van der Waals surface area contributed by atoms with E-state index in [9.17, 15) is 0 Å². The fourth-order valence-corrected chi connectivity index (χ4v) is 1.73. The summed E-state index contributed by atoms with van der Waals surface area (Å²) in [6, 6.07) is 8.62. The Labute approximate surface area is 93.5 Å². The summed E-state index contributed by atoms with van der Waals surface area (Å²) in [5.74, 6) is 0. The average Bonchev–Trinajstić information content (AvgIpc) is 2.21. The summed E-state index contributed by atoms with van der Waals surface area (Å²) < 4.78 is 1.10. The van der Waals surface area contributed by atoms with E-state index in [2.05, 4.69) is 33.4 Å². The molecule has 14 heavy (non-hydrogen) atoms. The minimum absolute atomic E-state index is 0.259. The van der Waals surface area contributed by atoms with Gasteiger partial charge in [-0.1, -0.05) is 28.1 Å². The van der Waals surface area contributed by atoms with Gasteiger partial charge in [0.15, 0.2) is 0 Å². The summed E-state index contributed by atoms with van der Waals surface area (Å²) >= 11 is 3.41. The monoisotopic (exact) mass is 257 g/mol. The number of benzene rings is 1. The lowest BCUT2D eigenvalue weighted by Crippen LogP contribution is -2.16. The lowest BCUT2D eigenvalue weighted by molar-refractivity contribution is 0.276. The number of hydrogen-bond donors (Lipinski definition) is 2. The zero-order chi connectivity index (χ0) is 10.4. The van der Waals surface area contributed by atoms with E-state index >= 15 is 0 Å². The summed E-state index contributed by atoms with van der Waals surface area (Å²) in [5, 5.41) is 12.0. The summed E-state index contributed by atoms with van der Waals surface area (Å²) in [5.41, 5.74) is 1.27. The van der Waals surface area contributed by atoms with Gasteiger partial charge < -0.3 is 10.4 Å². The van der Waals surface area contributed by atoms with Crippen molar-refractivity contribution in [1.82, 2.24) is 5.32 Å². The topological polar surface area (TPSA) is 32.3 Å².